The van der Waals surface area contributed by atoms with E-state index in [2.05, 4.69) is 21.3 Å². The number of ether oxygens (including phenoxy) is 12. The van der Waals surface area contributed by atoms with Gasteiger partial charge in [-0.05, 0) is 189 Å². The molecule has 17 rings (SSSR count). The Hall–Kier alpha value is -15.6. The average molecular weight is 2080 g/mol. The van der Waals surface area contributed by atoms with Crippen molar-refractivity contribution in [3.8, 4) is 90.5 Å². The van der Waals surface area contributed by atoms with E-state index in [4.69, 9.17) is 73.3 Å². The number of methoxy groups -OCH3 is 8. The molecule has 36 nitrogen and oxygen atoms in total. The van der Waals surface area contributed by atoms with E-state index in [1.807, 2.05) is 220 Å². The van der Waals surface area contributed by atoms with Crippen LogP contribution < -0.4 is 59.2 Å². The third-order valence-electron chi connectivity index (χ3n) is 27.9. The largest absolute Gasteiger partial charge is 0.493 e. The van der Waals surface area contributed by atoms with Crippen molar-refractivity contribution in [2.75, 3.05) is 83.1 Å². The van der Waals surface area contributed by atoms with Crippen LogP contribution in [0.2, 0.25) is 50.4 Å². The number of rotatable bonds is 40. The van der Waals surface area contributed by atoms with Crippen molar-refractivity contribution in [1.29, 1.82) is 0 Å². The maximum atomic E-state index is 15.1. The molecule has 0 radical (unpaired) electrons. The number of carbonyl (C=O) groups excluding carboxylic acids is 4. The van der Waals surface area contributed by atoms with Crippen LogP contribution in [-0.2, 0) is 35.4 Å². The van der Waals surface area contributed by atoms with Crippen molar-refractivity contribution in [1.82, 2.24) is 21.3 Å². The summed E-state index contributed by atoms with van der Waals surface area (Å²) in [6.45, 7) is 7.12. The number of carbonyl (C=O) groups is 4. The fourth-order valence-corrected chi connectivity index (χ4v) is 45.1. The number of benzene rings is 12. The molecular formula is C108H112N8O28Si4. The Morgan fingerprint density at radius 3 is 0.561 bits per heavy atom. The highest BCUT2D eigenvalue weighted by molar-refractivity contribution is 6.94. The van der Waals surface area contributed by atoms with Gasteiger partial charge in [-0.15, -0.1) is 0 Å². The number of hydrogen-bond acceptors (Lipinski definition) is 28. The summed E-state index contributed by atoms with van der Waals surface area (Å²) in [5.74, 6) is -2.25. The topological polar surface area (TPSA) is 437 Å². The van der Waals surface area contributed by atoms with Gasteiger partial charge < -0.3 is 94.6 Å². The molecule has 1 heterocycles. The molecule has 4 N–H and O–H groups in total. The first-order valence-corrected chi connectivity index (χ1v) is 58.4. The Morgan fingerprint density at radius 2 is 0.412 bits per heavy atom. The number of nitro groups is 4. The van der Waals surface area contributed by atoms with Gasteiger partial charge in [-0.25, -0.2) is 19.2 Å². The normalized spacial score (nSPS) is 18.0. The molecule has 4 atom stereocenters. The molecule has 12 aromatic rings. The summed E-state index contributed by atoms with van der Waals surface area (Å²) in [6.07, 6.45) is -8.56. The summed E-state index contributed by atoms with van der Waals surface area (Å²) >= 11 is 0. The SMILES string of the molecule is COc1cc(C(OC(=O)NCCC[Si]2(C)O[Si](C)(CCCNC(=O)OC(c3cc(OC)c(OC)cc3[N+](=O)[O-])C3c4ccccc4-c4ccccc43)O[Si](C)(CCCNC(=O)OC(c3cc(OC)c(OC)cc3[N+](=O)[O-])C3c4ccccc4-c4ccccc43)O[Si](C)(CCCNC(=O)OC(c3cc(OC)c(OC)cc3[N+](=O)[O-])C3c4ccccc4-c4ccccc43)O2)C2c3ccccc3-c3ccccc32)c([N+](=O)[O-])cc1OC. The fourth-order valence-electron chi connectivity index (χ4n) is 21.8. The summed E-state index contributed by atoms with van der Waals surface area (Å²) in [6, 6.07) is 71.7. The Bertz CT molecular complexity index is 6090. The van der Waals surface area contributed by atoms with Gasteiger partial charge in [-0.3, -0.25) is 40.5 Å². The molecule has 1 saturated heterocycles. The monoisotopic (exact) mass is 2080 g/mol. The Morgan fingerprint density at radius 1 is 0.264 bits per heavy atom. The van der Waals surface area contributed by atoms with Crippen molar-refractivity contribution in [3.63, 3.8) is 0 Å². The van der Waals surface area contributed by atoms with Crippen molar-refractivity contribution >= 4 is 81.4 Å². The Kier molecular flexibility index (Phi) is 31.1. The highest BCUT2D eigenvalue weighted by atomic mass is 28.5. The van der Waals surface area contributed by atoms with Crippen LogP contribution in [0.15, 0.2) is 243 Å². The lowest BCUT2D eigenvalue weighted by molar-refractivity contribution is -0.386. The minimum absolute atomic E-state index is 0.0224. The third kappa shape index (κ3) is 21.3. The van der Waals surface area contributed by atoms with Gasteiger partial charge >= 0.3 is 58.6 Å². The second-order valence-electron chi connectivity index (χ2n) is 37.1. The van der Waals surface area contributed by atoms with Crippen molar-refractivity contribution in [2.45, 2.75) is 124 Å². The minimum Gasteiger partial charge on any atom is -0.493 e. The summed E-state index contributed by atoms with van der Waals surface area (Å²) in [7, 11) is -4.66. The summed E-state index contributed by atoms with van der Waals surface area (Å²) in [5, 5.41) is 65.1. The van der Waals surface area contributed by atoms with Crippen LogP contribution in [0.25, 0.3) is 44.5 Å². The molecule has 1 fully saturated rings. The lowest BCUT2D eigenvalue weighted by atomic mass is 9.86. The standard InChI is InChI=1S/C108H112N8O28Si4/c1-129-89-57-81(85(113(121)122)61-93(89)133-5)101(97-73-41-21-13-33-65(73)66-34-14-22-42-74(66)97)137-105(117)109-49-29-53-145(9)141-146(10,54-30-50-110-106(118)138-102(82-58-90(130-2)94(134-6)62-86(82)114(123)124)98-75-43-23-15-35-67(75)68-36-16-24-44-76(68)98)143-148(12,56-32-52-112-108(120)140-104(84-60-92(132-4)96(136-8)64-88(84)116(127)128)100-79-47-27-19-39-71(79)72-40-20-28-48-80(72)100)144-147(11,142-145)55-31-51-111-107(119)139-103(83-59-91(131-3)95(135-7)63-87(83)115(125)126)99-77-45-25-17-37-69(77)70-38-18-26-46-78(70)99/h13-28,33-48,57-64,97-104H,29-32,49-56H2,1-12H3,(H,109,117)(H,110,118)(H,111,119)(H,112,120). The minimum atomic E-state index is -3.91. The highest BCUT2D eigenvalue weighted by Crippen LogP contribution is 2.60. The lowest BCUT2D eigenvalue weighted by Crippen LogP contribution is -2.67. The van der Waals surface area contributed by atoms with Crippen LogP contribution in [-0.4, -0.2) is 161 Å². The zero-order chi connectivity index (χ0) is 105. The number of nitrogens with zero attached hydrogens (tertiary/aromatic N) is 4. The smallest absolute Gasteiger partial charge is 0.407 e. The van der Waals surface area contributed by atoms with E-state index < -0.39 is 149 Å². The van der Waals surface area contributed by atoms with Gasteiger partial charge in [0, 0.05) is 26.2 Å². The second kappa shape index (κ2) is 44.4. The molecule has 768 valence electrons. The van der Waals surface area contributed by atoms with Gasteiger partial charge in [-0.1, -0.05) is 194 Å². The van der Waals surface area contributed by atoms with Gasteiger partial charge in [0.2, 0.25) is 0 Å². The van der Waals surface area contributed by atoms with Crippen LogP contribution in [0, 0.1) is 40.5 Å². The van der Waals surface area contributed by atoms with E-state index in [0.29, 0.717) is 0 Å². The molecule has 0 aromatic heterocycles. The van der Waals surface area contributed by atoms with E-state index in [1.165, 1.54) is 105 Å². The van der Waals surface area contributed by atoms with Gasteiger partial charge in [0.15, 0.2) is 46.0 Å². The van der Waals surface area contributed by atoms with E-state index >= 15 is 19.2 Å². The van der Waals surface area contributed by atoms with E-state index in [-0.39, 0.29) is 144 Å². The maximum absolute atomic E-state index is 15.1. The molecule has 4 amide bonds. The molecule has 0 saturated carbocycles. The number of nitro benzene ring substituents is 4. The predicted molar refractivity (Wildman–Crippen MR) is 557 cm³/mol. The van der Waals surface area contributed by atoms with Crippen LogP contribution in [0.1, 0.15) is 141 Å². The van der Waals surface area contributed by atoms with Crippen LogP contribution in [0.3, 0.4) is 0 Å². The molecule has 0 bridgehead atoms. The Balaban J connectivity index is 0.695. The van der Waals surface area contributed by atoms with E-state index in [0.717, 1.165) is 89.0 Å². The van der Waals surface area contributed by atoms with Crippen molar-refractivity contribution < 1.29 is 112 Å². The summed E-state index contributed by atoms with van der Waals surface area (Å²) in [5.41, 5.74) is 11.2. The zero-order valence-corrected chi connectivity index (χ0v) is 87.4. The Labute approximate surface area is 857 Å². The number of alkyl carbamates (subject to hydrolysis) is 4. The summed E-state index contributed by atoms with van der Waals surface area (Å²) in [4.78, 5) is 111. The van der Waals surface area contributed by atoms with Crippen molar-refractivity contribution in [3.05, 3.63) is 350 Å². The molecule has 40 heteroatoms. The van der Waals surface area contributed by atoms with Crippen LogP contribution in [0.4, 0.5) is 41.9 Å². The van der Waals surface area contributed by atoms with E-state index in [9.17, 15) is 40.5 Å². The first-order valence-electron chi connectivity index (χ1n) is 48.3. The van der Waals surface area contributed by atoms with Gasteiger partial charge in [0.1, 0.15) is 24.4 Å². The molecule has 148 heavy (non-hydrogen) atoms. The quantitative estimate of drug-likeness (QED) is 0.00911. The lowest BCUT2D eigenvalue weighted by Gasteiger charge is -2.50. The average Bonchev–Trinajstić information content (AvgIpc) is 1.60. The second-order valence-corrected chi connectivity index (χ2v) is 51.4. The third-order valence-corrected chi connectivity index (χ3v) is 46.7. The van der Waals surface area contributed by atoms with Gasteiger partial charge in [0.05, 0.1) is 147 Å². The van der Waals surface area contributed by atoms with Crippen molar-refractivity contribution in [2.24, 2.45) is 0 Å². The first kappa shape index (κ1) is 104. The maximum Gasteiger partial charge on any atom is 0.407 e. The fraction of sp³-hybridized carbons (Fsp3) is 0.296. The molecule has 12 aromatic carbocycles. The number of amides is 4. The van der Waals surface area contributed by atoms with Gasteiger partial charge in [0.25, 0.3) is 22.7 Å². The molecular weight excluding hydrogens is 1970 g/mol. The first-order chi connectivity index (χ1) is 71.4. The van der Waals surface area contributed by atoms with Gasteiger partial charge in [-0.2, -0.15) is 0 Å². The zero-order valence-electron chi connectivity index (χ0n) is 83.4. The molecule has 4 aliphatic carbocycles. The molecule has 5 aliphatic rings. The van der Waals surface area contributed by atoms with Crippen LogP contribution in [0.5, 0.6) is 46.0 Å². The highest BCUT2D eigenvalue weighted by Gasteiger charge is 2.57. The summed E-state index contributed by atoms with van der Waals surface area (Å²) < 4.78 is 103. The van der Waals surface area contributed by atoms with E-state index in [1.54, 1.807) is 0 Å². The number of nitrogens with one attached hydrogen (secondary N) is 4. The number of fused-ring (bicyclic) bond motifs is 12. The molecule has 1 aliphatic heterocycles. The number of hydrogen-bond donors (Lipinski definition) is 4. The predicted octanol–water partition coefficient (Wildman–Crippen LogP) is 22.7. The van der Waals surface area contributed by atoms with Crippen LogP contribution >= 0.6 is 0 Å². The molecule has 0 spiro atoms. The molecule has 4 unspecified atom stereocenters.